The summed E-state index contributed by atoms with van der Waals surface area (Å²) in [5.74, 6) is 1.74. The van der Waals surface area contributed by atoms with Crippen LogP contribution in [0.25, 0.3) is 0 Å². The molecule has 0 radical (unpaired) electrons. The van der Waals surface area contributed by atoms with Gasteiger partial charge in [0.1, 0.15) is 5.75 Å². The summed E-state index contributed by atoms with van der Waals surface area (Å²) >= 11 is 0. The van der Waals surface area contributed by atoms with Gasteiger partial charge in [-0.1, -0.05) is 12.1 Å². The van der Waals surface area contributed by atoms with Crippen LogP contribution in [-0.2, 0) is 11.2 Å². The van der Waals surface area contributed by atoms with Crippen molar-refractivity contribution < 1.29 is 9.53 Å². The number of methoxy groups -OCH3 is 1. The highest BCUT2D eigenvalue weighted by Gasteiger charge is 2.21. The van der Waals surface area contributed by atoms with E-state index in [1.165, 1.54) is 5.56 Å². The summed E-state index contributed by atoms with van der Waals surface area (Å²) in [4.78, 5) is 24.9. The number of piperazine rings is 1. The molecule has 2 heterocycles. The lowest BCUT2D eigenvalue weighted by Gasteiger charge is -2.34. The van der Waals surface area contributed by atoms with Crippen molar-refractivity contribution >= 4 is 11.9 Å². The number of hydrogen-bond donors (Lipinski definition) is 1. The van der Waals surface area contributed by atoms with Crippen molar-refractivity contribution in [1.29, 1.82) is 0 Å². The van der Waals surface area contributed by atoms with E-state index in [2.05, 4.69) is 20.2 Å². The van der Waals surface area contributed by atoms with Gasteiger partial charge in [-0.3, -0.25) is 4.79 Å². The third-order valence-corrected chi connectivity index (χ3v) is 4.49. The first-order valence-corrected chi connectivity index (χ1v) is 8.89. The van der Waals surface area contributed by atoms with Crippen LogP contribution < -0.4 is 15.0 Å². The van der Waals surface area contributed by atoms with Gasteiger partial charge in [-0.15, -0.1) is 0 Å². The standard InChI is InChI=1S/C19H25N5O2/c1-26-17-5-3-16(4-6-17)7-10-20-15-18(25)23-11-13-24(14-12-23)19-21-8-2-9-22-19/h2-6,8-9,20H,7,10-15H2,1H3. The number of rotatable bonds is 7. The molecule has 1 aliphatic heterocycles. The molecule has 2 aromatic rings. The predicted molar refractivity (Wildman–Crippen MR) is 100 cm³/mol. The Morgan fingerprint density at radius 1 is 1.12 bits per heavy atom. The molecule has 1 N–H and O–H groups in total. The molecule has 1 saturated heterocycles. The fourth-order valence-electron chi connectivity index (χ4n) is 2.94. The number of benzene rings is 1. The Bertz CT molecular complexity index is 685. The third-order valence-electron chi connectivity index (χ3n) is 4.49. The minimum absolute atomic E-state index is 0.147. The number of nitrogens with zero attached hydrogens (tertiary/aromatic N) is 4. The molecule has 1 aromatic heterocycles. The van der Waals surface area contributed by atoms with E-state index in [1.807, 2.05) is 29.2 Å². The van der Waals surface area contributed by atoms with Crippen molar-refractivity contribution in [3.8, 4) is 5.75 Å². The van der Waals surface area contributed by atoms with Crippen LogP contribution in [0.2, 0.25) is 0 Å². The van der Waals surface area contributed by atoms with Gasteiger partial charge in [0.15, 0.2) is 0 Å². The molecule has 7 heteroatoms. The van der Waals surface area contributed by atoms with Gasteiger partial charge in [0.25, 0.3) is 0 Å². The summed E-state index contributed by atoms with van der Waals surface area (Å²) in [6, 6.07) is 9.81. The van der Waals surface area contributed by atoms with Gasteiger partial charge < -0.3 is 19.9 Å². The van der Waals surface area contributed by atoms with E-state index >= 15 is 0 Å². The predicted octanol–water partition coefficient (Wildman–Crippen LogP) is 0.966. The van der Waals surface area contributed by atoms with Gasteiger partial charge >= 0.3 is 0 Å². The van der Waals surface area contributed by atoms with E-state index in [1.54, 1.807) is 25.6 Å². The summed E-state index contributed by atoms with van der Waals surface area (Å²) in [7, 11) is 1.66. The molecule has 1 amide bonds. The first-order chi connectivity index (χ1) is 12.8. The molecule has 138 valence electrons. The lowest BCUT2D eigenvalue weighted by Crippen LogP contribution is -2.51. The maximum atomic E-state index is 12.3. The van der Waals surface area contributed by atoms with Gasteiger partial charge in [-0.25, -0.2) is 9.97 Å². The van der Waals surface area contributed by atoms with Crippen LogP contribution in [0, 0.1) is 0 Å². The smallest absolute Gasteiger partial charge is 0.236 e. The second-order valence-electron chi connectivity index (χ2n) is 6.19. The number of anilines is 1. The number of carbonyl (C=O) groups is 1. The van der Waals surface area contributed by atoms with E-state index in [-0.39, 0.29) is 5.91 Å². The minimum atomic E-state index is 0.147. The molecule has 0 atom stereocenters. The molecule has 0 unspecified atom stereocenters. The molecule has 26 heavy (non-hydrogen) atoms. The minimum Gasteiger partial charge on any atom is -0.497 e. The number of nitrogens with one attached hydrogen (secondary N) is 1. The monoisotopic (exact) mass is 355 g/mol. The molecule has 1 aliphatic rings. The van der Waals surface area contributed by atoms with Crippen molar-refractivity contribution in [2.75, 3.05) is 51.3 Å². The molecular formula is C19H25N5O2. The van der Waals surface area contributed by atoms with Crippen molar-refractivity contribution in [2.24, 2.45) is 0 Å². The molecule has 3 rings (SSSR count). The van der Waals surface area contributed by atoms with Crippen LogP contribution in [0.3, 0.4) is 0 Å². The Morgan fingerprint density at radius 2 is 1.81 bits per heavy atom. The van der Waals surface area contributed by atoms with E-state index in [0.29, 0.717) is 19.6 Å². The van der Waals surface area contributed by atoms with Crippen LogP contribution in [0.4, 0.5) is 5.95 Å². The Hall–Kier alpha value is -2.67. The second kappa shape index (κ2) is 9.15. The summed E-state index contributed by atoms with van der Waals surface area (Å²) in [6.07, 6.45) is 4.37. The Morgan fingerprint density at radius 3 is 2.46 bits per heavy atom. The van der Waals surface area contributed by atoms with Crippen LogP contribution in [0.1, 0.15) is 5.56 Å². The molecule has 0 saturated carbocycles. The highest BCUT2D eigenvalue weighted by molar-refractivity contribution is 5.78. The highest BCUT2D eigenvalue weighted by Crippen LogP contribution is 2.11. The SMILES string of the molecule is COc1ccc(CCNCC(=O)N2CCN(c3ncccn3)CC2)cc1. The number of ether oxygens (including phenoxy) is 1. The van der Waals surface area contributed by atoms with E-state index < -0.39 is 0 Å². The van der Waals surface area contributed by atoms with Gasteiger partial charge in [0, 0.05) is 38.6 Å². The van der Waals surface area contributed by atoms with E-state index in [9.17, 15) is 4.79 Å². The Balaban J connectivity index is 1.35. The Kier molecular flexibility index (Phi) is 6.38. The maximum absolute atomic E-state index is 12.3. The molecule has 7 nitrogen and oxygen atoms in total. The van der Waals surface area contributed by atoms with Crippen molar-refractivity contribution in [3.63, 3.8) is 0 Å². The zero-order valence-electron chi connectivity index (χ0n) is 15.1. The summed E-state index contributed by atoms with van der Waals surface area (Å²) < 4.78 is 5.15. The quantitative estimate of drug-likeness (QED) is 0.746. The fraction of sp³-hybridized carbons (Fsp3) is 0.421. The van der Waals surface area contributed by atoms with Crippen molar-refractivity contribution in [1.82, 2.24) is 20.2 Å². The molecule has 1 fully saturated rings. The molecule has 0 spiro atoms. The first-order valence-electron chi connectivity index (χ1n) is 8.89. The molecular weight excluding hydrogens is 330 g/mol. The lowest BCUT2D eigenvalue weighted by atomic mass is 10.1. The van der Waals surface area contributed by atoms with Gasteiger partial charge in [0.05, 0.1) is 13.7 Å². The number of aromatic nitrogens is 2. The second-order valence-corrected chi connectivity index (χ2v) is 6.19. The molecule has 1 aromatic carbocycles. The molecule has 0 bridgehead atoms. The van der Waals surface area contributed by atoms with Crippen LogP contribution in [0.15, 0.2) is 42.7 Å². The van der Waals surface area contributed by atoms with Gasteiger partial charge in [-0.05, 0) is 36.7 Å². The summed E-state index contributed by atoms with van der Waals surface area (Å²) in [5, 5.41) is 3.24. The van der Waals surface area contributed by atoms with Crippen LogP contribution >= 0.6 is 0 Å². The van der Waals surface area contributed by atoms with Crippen molar-refractivity contribution in [3.05, 3.63) is 48.3 Å². The average Bonchev–Trinajstić information content (AvgIpc) is 2.72. The van der Waals surface area contributed by atoms with Crippen LogP contribution in [-0.4, -0.2) is 67.2 Å². The largest absolute Gasteiger partial charge is 0.497 e. The van der Waals surface area contributed by atoms with Crippen molar-refractivity contribution in [2.45, 2.75) is 6.42 Å². The van der Waals surface area contributed by atoms with E-state index in [4.69, 9.17) is 4.74 Å². The summed E-state index contributed by atoms with van der Waals surface area (Å²) in [5.41, 5.74) is 1.22. The van der Waals surface area contributed by atoms with Gasteiger partial charge in [0.2, 0.25) is 11.9 Å². The average molecular weight is 355 g/mol. The fourth-order valence-corrected chi connectivity index (χ4v) is 2.94. The normalized spacial score (nSPS) is 14.3. The number of carbonyl (C=O) groups excluding carboxylic acids is 1. The highest BCUT2D eigenvalue weighted by atomic mass is 16.5. The lowest BCUT2D eigenvalue weighted by molar-refractivity contribution is -0.130. The summed E-state index contributed by atoms with van der Waals surface area (Å²) in [6.45, 7) is 4.09. The zero-order valence-corrected chi connectivity index (χ0v) is 15.1. The van der Waals surface area contributed by atoms with E-state index in [0.717, 1.165) is 37.8 Å². The molecule has 0 aliphatic carbocycles. The van der Waals surface area contributed by atoms with Crippen LogP contribution in [0.5, 0.6) is 5.75 Å². The first kappa shape index (κ1) is 18.1. The number of hydrogen-bond acceptors (Lipinski definition) is 6. The zero-order chi connectivity index (χ0) is 18.2. The third kappa shape index (κ3) is 4.92. The topological polar surface area (TPSA) is 70.6 Å². The Labute approximate surface area is 154 Å². The van der Waals surface area contributed by atoms with Gasteiger partial charge in [-0.2, -0.15) is 0 Å². The number of amides is 1. The maximum Gasteiger partial charge on any atom is 0.236 e.